The van der Waals surface area contributed by atoms with Crippen molar-refractivity contribution in [1.29, 1.82) is 5.26 Å². The number of benzene rings is 1. The number of carbonyl (C=O) groups is 1. The molecule has 1 rings (SSSR count). The summed E-state index contributed by atoms with van der Waals surface area (Å²) in [5.41, 5.74) is -0.184. The molecule has 0 radical (unpaired) electrons. The molecule has 0 spiro atoms. The Hall–Kier alpha value is -2.03. The second-order valence-electron chi connectivity index (χ2n) is 4.76. The van der Waals surface area contributed by atoms with E-state index in [2.05, 4.69) is 5.32 Å². The highest BCUT2D eigenvalue weighted by Gasteiger charge is 2.30. The highest BCUT2D eigenvalue weighted by atomic mass is 19.4. The van der Waals surface area contributed by atoms with Gasteiger partial charge in [0.05, 0.1) is 11.6 Å². The molecule has 108 valence electrons. The summed E-state index contributed by atoms with van der Waals surface area (Å²) in [5, 5.41) is 11.4. The van der Waals surface area contributed by atoms with Gasteiger partial charge in [0, 0.05) is 6.54 Å². The van der Waals surface area contributed by atoms with Crippen LogP contribution in [0.3, 0.4) is 0 Å². The van der Waals surface area contributed by atoms with E-state index in [0.717, 1.165) is 12.1 Å². The van der Waals surface area contributed by atoms with Crippen LogP contribution in [0.1, 0.15) is 25.0 Å². The average Bonchev–Trinajstić information content (AvgIpc) is 2.36. The van der Waals surface area contributed by atoms with Gasteiger partial charge < -0.3 is 5.32 Å². The van der Waals surface area contributed by atoms with Crippen LogP contribution in [0, 0.1) is 23.2 Å². The number of halogens is 3. The van der Waals surface area contributed by atoms with Gasteiger partial charge in [-0.05, 0) is 23.6 Å². The molecule has 0 aliphatic heterocycles. The molecule has 20 heavy (non-hydrogen) atoms. The van der Waals surface area contributed by atoms with Crippen LogP contribution in [0.4, 0.5) is 13.2 Å². The lowest BCUT2D eigenvalue weighted by Gasteiger charge is -2.13. The normalized spacial score (nSPS) is 12.8. The molecule has 1 N–H and O–H groups in total. The zero-order valence-electron chi connectivity index (χ0n) is 11.2. The van der Waals surface area contributed by atoms with Crippen LogP contribution < -0.4 is 5.32 Å². The van der Waals surface area contributed by atoms with Crippen LogP contribution in [-0.2, 0) is 17.5 Å². The zero-order valence-corrected chi connectivity index (χ0v) is 11.2. The van der Waals surface area contributed by atoms with Gasteiger partial charge in [-0.15, -0.1) is 0 Å². The molecule has 1 amide bonds. The first-order valence-electron chi connectivity index (χ1n) is 6.09. The van der Waals surface area contributed by atoms with Crippen molar-refractivity contribution in [3.8, 4) is 6.07 Å². The summed E-state index contributed by atoms with van der Waals surface area (Å²) in [6, 6.07) is 6.44. The fraction of sp³-hybridized carbons (Fsp3) is 0.429. The Kier molecular flexibility index (Phi) is 5.14. The fourth-order valence-corrected chi connectivity index (χ4v) is 1.62. The molecular weight excluding hydrogens is 269 g/mol. The average molecular weight is 284 g/mol. The molecule has 1 aromatic carbocycles. The number of carbonyl (C=O) groups excluding carboxylic acids is 1. The first-order valence-corrected chi connectivity index (χ1v) is 6.09. The summed E-state index contributed by atoms with van der Waals surface area (Å²) in [6.07, 6.45) is -4.37. The Labute approximate surface area is 115 Å². The van der Waals surface area contributed by atoms with Crippen molar-refractivity contribution in [3.05, 3.63) is 35.4 Å². The largest absolute Gasteiger partial charge is 0.416 e. The highest BCUT2D eigenvalue weighted by molar-refractivity contribution is 5.81. The van der Waals surface area contributed by atoms with Crippen LogP contribution >= 0.6 is 0 Å². The molecule has 0 bridgehead atoms. The number of nitrogens with one attached hydrogen (secondary N) is 1. The number of alkyl halides is 3. The molecule has 3 nitrogen and oxygen atoms in total. The Morgan fingerprint density at radius 3 is 2.25 bits per heavy atom. The third-order valence-corrected chi connectivity index (χ3v) is 2.84. The van der Waals surface area contributed by atoms with E-state index >= 15 is 0 Å². The van der Waals surface area contributed by atoms with Crippen molar-refractivity contribution in [2.45, 2.75) is 26.6 Å². The molecule has 0 aliphatic rings. The summed E-state index contributed by atoms with van der Waals surface area (Å²) in [4.78, 5) is 11.7. The second kappa shape index (κ2) is 6.42. The minimum atomic E-state index is -4.37. The van der Waals surface area contributed by atoms with Crippen LogP contribution in [0.25, 0.3) is 0 Å². The van der Waals surface area contributed by atoms with E-state index in [-0.39, 0.29) is 12.5 Å². The van der Waals surface area contributed by atoms with Gasteiger partial charge in [0.25, 0.3) is 0 Å². The van der Waals surface area contributed by atoms with E-state index < -0.39 is 23.6 Å². The predicted octanol–water partition coefficient (Wildman–Crippen LogP) is 3.12. The third kappa shape index (κ3) is 4.26. The molecular formula is C14H15F3N2O. The van der Waals surface area contributed by atoms with Crippen LogP contribution in [0.15, 0.2) is 24.3 Å². The lowest BCUT2D eigenvalue weighted by atomic mass is 9.96. The first-order chi connectivity index (χ1) is 9.25. The molecule has 0 heterocycles. The van der Waals surface area contributed by atoms with Crippen molar-refractivity contribution in [3.63, 3.8) is 0 Å². The minimum Gasteiger partial charge on any atom is -0.351 e. The Bertz CT molecular complexity index is 501. The second-order valence-corrected chi connectivity index (χ2v) is 4.76. The lowest BCUT2D eigenvalue weighted by molar-refractivity contribution is -0.137. The molecule has 0 aliphatic carbocycles. The van der Waals surface area contributed by atoms with E-state index in [1.807, 2.05) is 6.07 Å². The Balaban J connectivity index is 2.63. The maximum absolute atomic E-state index is 12.4. The summed E-state index contributed by atoms with van der Waals surface area (Å²) < 4.78 is 37.1. The van der Waals surface area contributed by atoms with Gasteiger partial charge in [0.2, 0.25) is 5.91 Å². The van der Waals surface area contributed by atoms with Gasteiger partial charge in [-0.1, -0.05) is 26.0 Å². The standard InChI is InChI=1S/C14H15F3N2O/c1-9(2)12(7-18)13(20)19-8-10-3-5-11(6-4-10)14(15,16)17/h3-6,9,12H,8H2,1-2H3,(H,19,20). The Morgan fingerprint density at radius 1 is 1.30 bits per heavy atom. The lowest BCUT2D eigenvalue weighted by Crippen LogP contribution is -2.32. The molecule has 0 saturated carbocycles. The summed E-state index contributed by atoms with van der Waals surface area (Å²) in [5.74, 6) is -1.29. The first kappa shape index (κ1) is 16.0. The van der Waals surface area contributed by atoms with Gasteiger partial charge in [0.1, 0.15) is 5.92 Å². The predicted molar refractivity (Wildman–Crippen MR) is 67.2 cm³/mol. The van der Waals surface area contributed by atoms with E-state index in [0.29, 0.717) is 5.56 Å². The number of rotatable bonds is 4. The molecule has 1 unspecified atom stereocenters. The van der Waals surface area contributed by atoms with Crippen molar-refractivity contribution < 1.29 is 18.0 Å². The van der Waals surface area contributed by atoms with Gasteiger partial charge in [-0.3, -0.25) is 4.79 Å². The van der Waals surface area contributed by atoms with Crippen LogP contribution in [0.2, 0.25) is 0 Å². The maximum atomic E-state index is 12.4. The van der Waals surface area contributed by atoms with E-state index in [1.54, 1.807) is 13.8 Å². The van der Waals surface area contributed by atoms with Crippen molar-refractivity contribution in [2.24, 2.45) is 11.8 Å². The van der Waals surface area contributed by atoms with E-state index in [1.165, 1.54) is 12.1 Å². The molecule has 0 fully saturated rings. The third-order valence-electron chi connectivity index (χ3n) is 2.84. The molecule has 1 atom stereocenters. The van der Waals surface area contributed by atoms with Crippen LogP contribution in [0.5, 0.6) is 0 Å². The quantitative estimate of drug-likeness (QED) is 0.923. The van der Waals surface area contributed by atoms with E-state index in [4.69, 9.17) is 5.26 Å². The number of hydrogen-bond acceptors (Lipinski definition) is 2. The fourth-order valence-electron chi connectivity index (χ4n) is 1.62. The number of nitriles is 1. The van der Waals surface area contributed by atoms with Crippen LogP contribution in [-0.4, -0.2) is 5.91 Å². The van der Waals surface area contributed by atoms with Crippen molar-refractivity contribution >= 4 is 5.91 Å². The zero-order chi connectivity index (χ0) is 15.3. The number of nitrogens with zero attached hydrogens (tertiary/aromatic N) is 1. The van der Waals surface area contributed by atoms with E-state index in [9.17, 15) is 18.0 Å². The maximum Gasteiger partial charge on any atom is 0.416 e. The van der Waals surface area contributed by atoms with Gasteiger partial charge in [0.15, 0.2) is 0 Å². The molecule has 0 aromatic heterocycles. The Morgan fingerprint density at radius 2 is 1.85 bits per heavy atom. The van der Waals surface area contributed by atoms with Gasteiger partial charge >= 0.3 is 6.18 Å². The SMILES string of the molecule is CC(C)C(C#N)C(=O)NCc1ccc(C(F)(F)F)cc1. The summed E-state index contributed by atoms with van der Waals surface area (Å²) in [7, 11) is 0. The van der Waals surface area contributed by atoms with Gasteiger partial charge in [-0.25, -0.2) is 0 Å². The number of amides is 1. The van der Waals surface area contributed by atoms with Gasteiger partial charge in [-0.2, -0.15) is 18.4 Å². The van der Waals surface area contributed by atoms with Crippen molar-refractivity contribution in [2.75, 3.05) is 0 Å². The topological polar surface area (TPSA) is 52.9 Å². The molecule has 6 heteroatoms. The molecule has 0 saturated heterocycles. The number of hydrogen-bond donors (Lipinski definition) is 1. The van der Waals surface area contributed by atoms with Crippen molar-refractivity contribution in [1.82, 2.24) is 5.32 Å². The monoisotopic (exact) mass is 284 g/mol. The summed E-state index contributed by atoms with van der Waals surface area (Å²) in [6.45, 7) is 3.61. The smallest absolute Gasteiger partial charge is 0.351 e. The highest BCUT2D eigenvalue weighted by Crippen LogP contribution is 2.29. The minimum absolute atomic E-state index is 0.0991. The summed E-state index contributed by atoms with van der Waals surface area (Å²) >= 11 is 0. The molecule has 1 aromatic rings.